The minimum atomic E-state index is 0.0402. The number of carbonyl (C=O) groups excluding carboxylic acids is 1. The van der Waals surface area contributed by atoms with Crippen molar-refractivity contribution in [2.24, 2.45) is 5.92 Å². The molecule has 1 aromatic carbocycles. The minimum Gasteiger partial charge on any atom is -0.375 e. The molecule has 1 saturated heterocycles. The van der Waals surface area contributed by atoms with Crippen LogP contribution < -0.4 is 15.5 Å². The molecule has 2 atom stereocenters. The molecule has 116 valence electrons. The molecule has 1 heterocycles. The zero-order valence-corrected chi connectivity index (χ0v) is 13.4. The summed E-state index contributed by atoms with van der Waals surface area (Å²) in [7, 11) is 2.08. The van der Waals surface area contributed by atoms with E-state index in [1.165, 1.54) is 0 Å². The summed E-state index contributed by atoms with van der Waals surface area (Å²) in [6.07, 6.45) is 2.12. The van der Waals surface area contributed by atoms with Crippen molar-refractivity contribution < 1.29 is 4.79 Å². The van der Waals surface area contributed by atoms with E-state index in [0.717, 1.165) is 43.7 Å². The van der Waals surface area contributed by atoms with E-state index in [2.05, 4.69) is 36.4 Å². The van der Waals surface area contributed by atoms with Crippen LogP contribution in [0.1, 0.15) is 37.0 Å². The number of benzene rings is 1. The molecule has 1 aliphatic rings. The van der Waals surface area contributed by atoms with Crippen LogP contribution in [-0.2, 0) is 0 Å². The van der Waals surface area contributed by atoms with Crippen molar-refractivity contribution in [1.82, 2.24) is 10.6 Å². The number of anilines is 1. The highest BCUT2D eigenvalue weighted by Gasteiger charge is 2.22. The van der Waals surface area contributed by atoms with Crippen LogP contribution in [0.3, 0.4) is 0 Å². The summed E-state index contributed by atoms with van der Waals surface area (Å²) in [5.41, 5.74) is 1.90. The summed E-state index contributed by atoms with van der Waals surface area (Å²) in [6.45, 7) is 7.33. The smallest absolute Gasteiger partial charge is 0.251 e. The monoisotopic (exact) mass is 289 g/mol. The highest BCUT2D eigenvalue weighted by atomic mass is 16.1. The molecule has 0 aromatic heterocycles. The number of hydrogen-bond acceptors (Lipinski definition) is 3. The molecule has 1 aliphatic heterocycles. The molecule has 1 fully saturated rings. The Bertz CT molecular complexity index is 458. The van der Waals surface area contributed by atoms with Crippen molar-refractivity contribution >= 4 is 11.6 Å². The van der Waals surface area contributed by atoms with Gasteiger partial charge in [-0.05, 0) is 56.1 Å². The Morgan fingerprint density at radius 2 is 2.10 bits per heavy atom. The van der Waals surface area contributed by atoms with Gasteiger partial charge >= 0.3 is 0 Å². The van der Waals surface area contributed by atoms with Crippen molar-refractivity contribution in [1.29, 1.82) is 0 Å². The first-order valence-electron chi connectivity index (χ1n) is 7.94. The summed E-state index contributed by atoms with van der Waals surface area (Å²) < 4.78 is 0. The van der Waals surface area contributed by atoms with E-state index in [0.29, 0.717) is 5.92 Å². The Morgan fingerprint density at radius 1 is 1.38 bits per heavy atom. The van der Waals surface area contributed by atoms with E-state index in [9.17, 15) is 4.79 Å². The average molecular weight is 289 g/mol. The van der Waals surface area contributed by atoms with Gasteiger partial charge in [-0.25, -0.2) is 0 Å². The molecular formula is C17H27N3O. The van der Waals surface area contributed by atoms with Crippen molar-refractivity contribution in [2.45, 2.75) is 32.7 Å². The van der Waals surface area contributed by atoms with Gasteiger partial charge in [0, 0.05) is 30.9 Å². The molecule has 0 bridgehead atoms. The number of nitrogens with zero attached hydrogens (tertiary/aromatic N) is 1. The van der Waals surface area contributed by atoms with Gasteiger partial charge < -0.3 is 15.5 Å². The Labute approximate surface area is 127 Å². The number of amides is 1. The van der Waals surface area contributed by atoms with E-state index in [1.807, 2.05) is 24.3 Å². The topological polar surface area (TPSA) is 44.4 Å². The van der Waals surface area contributed by atoms with Gasteiger partial charge in [-0.1, -0.05) is 13.8 Å². The van der Waals surface area contributed by atoms with Crippen LogP contribution >= 0.6 is 0 Å². The third-order valence-corrected chi connectivity index (χ3v) is 4.23. The van der Waals surface area contributed by atoms with Crippen molar-refractivity contribution in [3.05, 3.63) is 29.8 Å². The van der Waals surface area contributed by atoms with Crippen LogP contribution in [0, 0.1) is 5.92 Å². The third-order valence-electron chi connectivity index (χ3n) is 4.23. The second kappa shape index (κ2) is 7.46. The molecule has 0 radical (unpaired) electrons. The van der Waals surface area contributed by atoms with E-state index in [-0.39, 0.29) is 11.9 Å². The van der Waals surface area contributed by atoms with E-state index in [4.69, 9.17) is 0 Å². The SMILES string of the molecule is CCCN(C)c1ccc(C(=O)NC2CCNCC2C)cc1. The first kappa shape index (κ1) is 15.8. The van der Waals surface area contributed by atoms with Gasteiger partial charge in [-0.2, -0.15) is 0 Å². The zero-order chi connectivity index (χ0) is 15.2. The second-order valence-corrected chi connectivity index (χ2v) is 6.02. The minimum absolute atomic E-state index is 0.0402. The van der Waals surface area contributed by atoms with Crippen molar-refractivity contribution in [2.75, 3.05) is 31.6 Å². The molecule has 0 spiro atoms. The fourth-order valence-electron chi connectivity index (χ4n) is 2.81. The largest absolute Gasteiger partial charge is 0.375 e. The lowest BCUT2D eigenvalue weighted by atomic mass is 9.95. The lowest BCUT2D eigenvalue weighted by molar-refractivity contribution is 0.0914. The molecule has 2 N–H and O–H groups in total. The first-order valence-corrected chi connectivity index (χ1v) is 7.94. The maximum atomic E-state index is 12.3. The van der Waals surface area contributed by atoms with Crippen molar-refractivity contribution in [3.63, 3.8) is 0 Å². The maximum absolute atomic E-state index is 12.3. The van der Waals surface area contributed by atoms with Gasteiger partial charge in [0.15, 0.2) is 0 Å². The second-order valence-electron chi connectivity index (χ2n) is 6.02. The van der Waals surface area contributed by atoms with Gasteiger partial charge in [0.25, 0.3) is 5.91 Å². The van der Waals surface area contributed by atoms with E-state index < -0.39 is 0 Å². The quantitative estimate of drug-likeness (QED) is 0.874. The summed E-state index contributed by atoms with van der Waals surface area (Å²) >= 11 is 0. The predicted molar refractivity (Wildman–Crippen MR) is 87.9 cm³/mol. The highest BCUT2D eigenvalue weighted by molar-refractivity contribution is 5.94. The molecule has 1 aromatic rings. The lowest BCUT2D eigenvalue weighted by Gasteiger charge is -2.30. The van der Waals surface area contributed by atoms with Crippen LogP contribution in [0.4, 0.5) is 5.69 Å². The molecule has 21 heavy (non-hydrogen) atoms. The van der Waals surface area contributed by atoms with Gasteiger partial charge in [0.05, 0.1) is 0 Å². The molecule has 1 amide bonds. The first-order chi connectivity index (χ1) is 10.1. The molecule has 4 heteroatoms. The highest BCUT2D eigenvalue weighted by Crippen LogP contribution is 2.15. The Kier molecular flexibility index (Phi) is 5.62. The number of rotatable bonds is 5. The predicted octanol–water partition coefficient (Wildman–Crippen LogP) is 2.26. The number of piperidine rings is 1. The van der Waals surface area contributed by atoms with Crippen LogP contribution in [0.25, 0.3) is 0 Å². The summed E-state index contributed by atoms with van der Waals surface area (Å²) in [4.78, 5) is 14.5. The number of nitrogens with one attached hydrogen (secondary N) is 2. The van der Waals surface area contributed by atoms with Crippen LogP contribution in [0.15, 0.2) is 24.3 Å². The molecule has 0 saturated carbocycles. The molecule has 4 nitrogen and oxygen atoms in total. The van der Waals surface area contributed by atoms with E-state index >= 15 is 0 Å². The summed E-state index contributed by atoms with van der Waals surface area (Å²) in [5, 5.41) is 6.52. The van der Waals surface area contributed by atoms with Gasteiger partial charge in [-0.15, -0.1) is 0 Å². The number of carbonyl (C=O) groups is 1. The van der Waals surface area contributed by atoms with Crippen LogP contribution in [0.2, 0.25) is 0 Å². The zero-order valence-electron chi connectivity index (χ0n) is 13.4. The molecular weight excluding hydrogens is 262 g/mol. The average Bonchev–Trinajstić information content (AvgIpc) is 2.50. The lowest BCUT2D eigenvalue weighted by Crippen LogP contribution is -2.48. The molecule has 0 aliphatic carbocycles. The fourth-order valence-corrected chi connectivity index (χ4v) is 2.81. The Hall–Kier alpha value is -1.55. The molecule has 2 rings (SSSR count). The van der Waals surface area contributed by atoms with Crippen LogP contribution in [0.5, 0.6) is 0 Å². The maximum Gasteiger partial charge on any atom is 0.251 e. The standard InChI is InChI=1S/C17H27N3O/c1-4-11-20(3)15-7-5-14(6-8-15)17(21)19-16-9-10-18-12-13(16)2/h5-8,13,16,18H,4,9-12H2,1-3H3,(H,19,21). The number of hydrogen-bond donors (Lipinski definition) is 2. The van der Waals surface area contributed by atoms with Crippen molar-refractivity contribution in [3.8, 4) is 0 Å². The third kappa shape index (κ3) is 4.21. The van der Waals surface area contributed by atoms with E-state index in [1.54, 1.807) is 0 Å². The molecule has 2 unspecified atom stereocenters. The summed E-state index contributed by atoms with van der Waals surface area (Å²) in [6, 6.07) is 8.17. The summed E-state index contributed by atoms with van der Waals surface area (Å²) in [5.74, 6) is 0.524. The van der Waals surface area contributed by atoms with Gasteiger partial charge in [-0.3, -0.25) is 4.79 Å². The Balaban J connectivity index is 1.96. The van der Waals surface area contributed by atoms with Crippen LogP contribution in [-0.4, -0.2) is 38.6 Å². The Morgan fingerprint density at radius 3 is 2.71 bits per heavy atom. The van der Waals surface area contributed by atoms with Gasteiger partial charge in [0.1, 0.15) is 0 Å². The van der Waals surface area contributed by atoms with Gasteiger partial charge in [0.2, 0.25) is 0 Å². The fraction of sp³-hybridized carbons (Fsp3) is 0.588. The normalized spacial score (nSPS) is 21.9.